The predicted octanol–water partition coefficient (Wildman–Crippen LogP) is 3.14. The van der Waals surface area contributed by atoms with Gasteiger partial charge >= 0.3 is 0 Å². The molecule has 0 spiro atoms. The van der Waals surface area contributed by atoms with E-state index in [1.54, 1.807) is 6.26 Å². The molecular formula is C14H23NO2. The Hall–Kier alpha value is -0.800. The van der Waals surface area contributed by atoms with Gasteiger partial charge in [-0.25, -0.2) is 0 Å². The standard InChI is InChI=1S/C14H23NO2/c1-3-12(14-6-5-8-16-14)15-10-11-7-9-17-13(11)4-2/h5-6,8,11-13,15H,3-4,7,9-10H2,1-2H3. The first kappa shape index (κ1) is 12.7. The maximum Gasteiger partial charge on any atom is 0.120 e. The van der Waals surface area contributed by atoms with Gasteiger partial charge in [-0.1, -0.05) is 13.8 Å². The monoisotopic (exact) mass is 237 g/mol. The fourth-order valence-electron chi connectivity index (χ4n) is 2.61. The van der Waals surface area contributed by atoms with Crippen LogP contribution >= 0.6 is 0 Å². The topological polar surface area (TPSA) is 34.4 Å². The first-order chi connectivity index (χ1) is 8.35. The van der Waals surface area contributed by atoms with Crippen LogP contribution in [0.1, 0.15) is 44.9 Å². The Kier molecular flexibility index (Phi) is 4.63. The molecule has 0 aliphatic carbocycles. The Labute approximate surface area is 104 Å². The fraction of sp³-hybridized carbons (Fsp3) is 0.714. The van der Waals surface area contributed by atoms with E-state index in [4.69, 9.17) is 9.15 Å². The lowest BCUT2D eigenvalue weighted by Gasteiger charge is -2.21. The summed E-state index contributed by atoms with van der Waals surface area (Å²) in [6.45, 7) is 6.33. The van der Waals surface area contributed by atoms with Gasteiger partial charge in [0, 0.05) is 13.2 Å². The third kappa shape index (κ3) is 3.11. The van der Waals surface area contributed by atoms with Crippen molar-refractivity contribution in [2.45, 2.75) is 45.3 Å². The summed E-state index contributed by atoms with van der Waals surface area (Å²) in [5.41, 5.74) is 0. The zero-order valence-electron chi connectivity index (χ0n) is 10.8. The van der Waals surface area contributed by atoms with Crippen LogP contribution in [0.2, 0.25) is 0 Å². The second-order valence-corrected chi connectivity index (χ2v) is 4.75. The van der Waals surface area contributed by atoms with Gasteiger partial charge < -0.3 is 14.5 Å². The number of nitrogens with one attached hydrogen (secondary N) is 1. The lowest BCUT2D eigenvalue weighted by atomic mass is 9.99. The zero-order valence-corrected chi connectivity index (χ0v) is 10.8. The van der Waals surface area contributed by atoms with Crippen LogP contribution in [0, 0.1) is 5.92 Å². The molecule has 1 aromatic heterocycles. The Morgan fingerprint density at radius 1 is 1.47 bits per heavy atom. The largest absolute Gasteiger partial charge is 0.468 e. The molecule has 17 heavy (non-hydrogen) atoms. The summed E-state index contributed by atoms with van der Waals surface area (Å²) >= 11 is 0. The summed E-state index contributed by atoms with van der Waals surface area (Å²) in [7, 11) is 0. The average molecular weight is 237 g/mol. The van der Waals surface area contributed by atoms with E-state index in [0.717, 1.165) is 31.8 Å². The van der Waals surface area contributed by atoms with Crippen LogP contribution in [-0.2, 0) is 4.74 Å². The Morgan fingerprint density at radius 3 is 3.00 bits per heavy atom. The second kappa shape index (κ2) is 6.22. The highest BCUT2D eigenvalue weighted by Crippen LogP contribution is 2.24. The summed E-state index contributed by atoms with van der Waals surface area (Å²) < 4.78 is 11.2. The first-order valence-corrected chi connectivity index (χ1v) is 6.73. The molecule has 3 nitrogen and oxygen atoms in total. The number of hydrogen-bond donors (Lipinski definition) is 1. The molecule has 2 heterocycles. The Morgan fingerprint density at radius 2 is 2.35 bits per heavy atom. The summed E-state index contributed by atoms with van der Waals surface area (Å²) in [4.78, 5) is 0. The van der Waals surface area contributed by atoms with Crippen molar-refractivity contribution in [3.63, 3.8) is 0 Å². The molecule has 1 aliphatic heterocycles. The van der Waals surface area contributed by atoms with E-state index in [0.29, 0.717) is 18.1 Å². The van der Waals surface area contributed by atoms with Crippen LogP contribution in [0.15, 0.2) is 22.8 Å². The molecule has 0 bridgehead atoms. The van der Waals surface area contributed by atoms with E-state index in [2.05, 4.69) is 19.2 Å². The van der Waals surface area contributed by atoms with Crippen LogP contribution in [0.4, 0.5) is 0 Å². The molecule has 3 heteroatoms. The smallest absolute Gasteiger partial charge is 0.120 e. The van der Waals surface area contributed by atoms with Crippen molar-refractivity contribution in [3.8, 4) is 0 Å². The normalized spacial score (nSPS) is 26.2. The van der Waals surface area contributed by atoms with Crippen molar-refractivity contribution in [2.24, 2.45) is 5.92 Å². The molecule has 0 saturated carbocycles. The van der Waals surface area contributed by atoms with Gasteiger partial charge in [0.25, 0.3) is 0 Å². The van der Waals surface area contributed by atoms with Crippen LogP contribution in [0.5, 0.6) is 0 Å². The minimum atomic E-state index is 0.336. The molecule has 1 aliphatic rings. The van der Waals surface area contributed by atoms with Crippen molar-refractivity contribution in [1.29, 1.82) is 0 Å². The molecule has 0 radical (unpaired) electrons. The quantitative estimate of drug-likeness (QED) is 0.825. The second-order valence-electron chi connectivity index (χ2n) is 4.75. The summed E-state index contributed by atoms with van der Waals surface area (Å²) in [6.07, 6.45) is 5.53. The van der Waals surface area contributed by atoms with E-state index in [1.807, 2.05) is 12.1 Å². The van der Waals surface area contributed by atoms with Crippen molar-refractivity contribution in [1.82, 2.24) is 5.32 Å². The maximum absolute atomic E-state index is 5.71. The van der Waals surface area contributed by atoms with E-state index >= 15 is 0 Å². The Bertz CT molecular complexity index is 310. The molecule has 1 N–H and O–H groups in total. The van der Waals surface area contributed by atoms with Crippen molar-refractivity contribution in [3.05, 3.63) is 24.2 Å². The molecule has 1 saturated heterocycles. The molecule has 3 atom stereocenters. The van der Waals surface area contributed by atoms with Gasteiger partial charge in [0.05, 0.1) is 18.4 Å². The van der Waals surface area contributed by atoms with Gasteiger partial charge in [-0.15, -0.1) is 0 Å². The van der Waals surface area contributed by atoms with Gasteiger partial charge in [-0.05, 0) is 37.3 Å². The van der Waals surface area contributed by atoms with Crippen molar-refractivity contribution < 1.29 is 9.15 Å². The molecule has 96 valence electrons. The van der Waals surface area contributed by atoms with Gasteiger partial charge in [0.15, 0.2) is 0 Å². The molecular weight excluding hydrogens is 214 g/mol. The lowest BCUT2D eigenvalue weighted by Crippen LogP contribution is -2.30. The zero-order chi connectivity index (χ0) is 12.1. The summed E-state index contributed by atoms with van der Waals surface area (Å²) in [5, 5.41) is 3.60. The molecule has 3 unspecified atom stereocenters. The highest BCUT2D eigenvalue weighted by atomic mass is 16.5. The molecule has 1 aromatic rings. The number of rotatable bonds is 6. The number of furan rings is 1. The van der Waals surface area contributed by atoms with Crippen molar-refractivity contribution in [2.75, 3.05) is 13.2 Å². The van der Waals surface area contributed by atoms with Crippen LogP contribution < -0.4 is 5.32 Å². The molecule has 2 rings (SSSR count). The highest BCUT2D eigenvalue weighted by molar-refractivity contribution is 5.04. The lowest BCUT2D eigenvalue weighted by molar-refractivity contribution is 0.0863. The molecule has 0 amide bonds. The van der Waals surface area contributed by atoms with E-state index < -0.39 is 0 Å². The van der Waals surface area contributed by atoms with Gasteiger partial charge in [-0.2, -0.15) is 0 Å². The van der Waals surface area contributed by atoms with Gasteiger partial charge in [0.2, 0.25) is 0 Å². The molecule has 0 aromatic carbocycles. The third-order valence-electron chi connectivity index (χ3n) is 3.67. The summed E-state index contributed by atoms with van der Waals surface area (Å²) in [5.74, 6) is 1.70. The SMILES string of the molecule is CCC(NCC1CCOC1CC)c1ccco1. The predicted molar refractivity (Wildman–Crippen MR) is 67.9 cm³/mol. The van der Waals surface area contributed by atoms with E-state index in [1.165, 1.54) is 6.42 Å². The van der Waals surface area contributed by atoms with E-state index in [-0.39, 0.29) is 0 Å². The minimum Gasteiger partial charge on any atom is -0.468 e. The number of hydrogen-bond acceptors (Lipinski definition) is 3. The Balaban J connectivity index is 1.84. The van der Waals surface area contributed by atoms with Gasteiger partial charge in [-0.3, -0.25) is 0 Å². The fourth-order valence-corrected chi connectivity index (χ4v) is 2.61. The highest BCUT2D eigenvalue weighted by Gasteiger charge is 2.27. The van der Waals surface area contributed by atoms with Gasteiger partial charge in [0.1, 0.15) is 5.76 Å². The average Bonchev–Trinajstić information content (AvgIpc) is 2.99. The first-order valence-electron chi connectivity index (χ1n) is 6.73. The number of ether oxygens (including phenoxy) is 1. The molecule has 1 fully saturated rings. The van der Waals surface area contributed by atoms with E-state index in [9.17, 15) is 0 Å². The summed E-state index contributed by atoms with van der Waals surface area (Å²) in [6, 6.07) is 4.33. The van der Waals surface area contributed by atoms with Crippen LogP contribution in [0.25, 0.3) is 0 Å². The van der Waals surface area contributed by atoms with Crippen LogP contribution in [0.3, 0.4) is 0 Å². The maximum atomic E-state index is 5.71. The van der Waals surface area contributed by atoms with Crippen LogP contribution in [-0.4, -0.2) is 19.3 Å². The van der Waals surface area contributed by atoms with Crippen molar-refractivity contribution >= 4 is 0 Å². The third-order valence-corrected chi connectivity index (χ3v) is 3.67. The minimum absolute atomic E-state index is 0.336.